The Hall–Kier alpha value is -2.11. The lowest BCUT2D eigenvalue weighted by atomic mass is 10.1. The number of esters is 2. The molecule has 126 valence electrons. The van der Waals surface area contributed by atoms with E-state index in [0.717, 1.165) is 0 Å². The second-order valence-electron chi connectivity index (χ2n) is 4.86. The molecule has 1 aromatic heterocycles. The smallest absolute Gasteiger partial charge is 0.352 e. The largest absolute Gasteiger partial charge is 0.466 e. The third-order valence-corrected chi connectivity index (χ3v) is 3.95. The summed E-state index contributed by atoms with van der Waals surface area (Å²) in [6.45, 7) is 1.89. The van der Waals surface area contributed by atoms with Crippen LogP contribution in [-0.4, -0.2) is 24.0 Å². The molecular formula is C17H15Cl2NO4. The first-order chi connectivity index (χ1) is 11.5. The molecule has 0 radical (unpaired) electrons. The van der Waals surface area contributed by atoms with Crippen LogP contribution in [0.5, 0.6) is 0 Å². The zero-order valence-corrected chi connectivity index (χ0v) is 14.6. The Kier molecular flexibility index (Phi) is 6.17. The minimum atomic E-state index is -1.29. The molecule has 2 aromatic rings. The number of pyridine rings is 1. The van der Waals surface area contributed by atoms with Crippen molar-refractivity contribution in [2.75, 3.05) is 7.11 Å². The first-order valence-corrected chi connectivity index (χ1v) is 7.90. The Bertz CT molecular complexity index is 764. The van der Waals surface area contributed by atoms with Crippen molar-refractivity contribution in [2.45, 2.75) is 19.4 Å². The van der Waals surface area contributed by atoms with Crippen molar-refractivity contribution in [1.29, 1.82) is 0 Å². The summed E-state index contributed by atoms with van der Waals surface area (Å²) in [4.78, 5) is 28.5. The van der Waals surface area contributed by atoms with Crippen molar-refractivity contribution in [1.82, 2.24) is 4.98 Å². The highest BCUT2D eigenvalue weighted by molar-refractivity contribution is 6.35. The molecule has 0 aliphatic heterocycles. The lowest BCUT2D eigenvalue weighted by Gasteiger charge is -2.18. The molecule has 0 N–H and O–H groups in total. The molecule has 0 fully saturated rings. The Morgan fingerprint density at radius 2 is 2.00 bits per heavy atom. The molecule has 24 heavy (non-hydrogen) atoms. The van der Waals surface area contributed by atoms with Crippen molar-refractivity contribution in [3.8, 4) is 0 Å². The minimum absolute atomic E-state index is 0.205. The topological polar surface area (TPSA) is 65.5 Å². The zero-order valence-electron chi connectivity index (χ0n) is 13.1. The van der Waals surface area contributed by atoms with Crippen molar-refractivity contribution < 1.29 is 19.1 Å². The zero-order chi connectivity index (χ0) is 17.7. The third kappa shape index (κ3) is 4.04. The molecule has 0 aliphatic rings. The summed E-state index contributed by atoms with van der Waals surface area (Å²) in [6, 6.07) is 6.08. The van der Waals surface area contributed by atoms with Gasteiger partial charge in [-0.05, 0) is 30.2 Å². The van der Waals surface area contributed by atoms with E-state index >= 15 is 0 Å². The van der Waals surface area contributed by atoms with Gasteiger partial charge in [-0.15, -0.1) is 0 Å². The van der Waals surface area contributed by atoms with E-state index in [1.54, 1.807) is 18.3 Å². The van der Waals surface area contributed by atoms with Crippen molar-refractivity contribution >= 4 is 35.1 Å². The maximum atomic E-state index is 12.5. The van der Waals surface area contributed by atoms with Gasteiger partial charge >= 0.3 is 11.9 Å². The number of aryl methyl sites for hydroxylation is 1. The Labute approximate surface area is 149 Å². The summed E-state index contributed by atoms with van der Waals surface area (Å²) in [5.41, 5.74) is 1.35. The fourth-order valence-corrected chi connectivity index (χ4v) is 2.65. The fraction of sp³-hybridized carbons (Fsp3) is 0.235. The van der Waals surface area contributed by atoms with Crippen LogP contribution in [0.1, 0.15) is 34.5 Å². The van der Waals surface area contributed by atoms with Crippen LogP contribution in [0.4, 0.5) is 0 Å². The summed E-state index contributed by atoms with van der Waals surface area (Å²) in [6.07, 6.45) is 2.38. The van der Waals surface area contributed by atoms with E-state index in [1.165, 1.54) is 25.4 Å². The highest BCUT2D eigenvalue weighted by Gasteiger charge is 2.29. The van der Waals surface area contributed by atoms with Crippen molar-refractivity contribution in [3.63, 3.8) is 0 Å². The van der Waals surface area contributed by atoms with Gasteiger partial charge in [0.05, 0.1) is 12.7 Å². The number of ether oxygens (including phenoxy) is 2. The van der Waals surface area contributed by atoms with Gasteiger partial charge in [0.15, 0.2) is 0 Å². The number of halogens is 2. The van der Waals surface area contributed by atoms with Crippen LogP contribution in [0.25, 0.3) is 0 Å². The summed E-state index contributed by atoms with van der Waals surface area (Å²) in [5.74, 6) is -1.39. The van der Waals surface area contributed by atoms with Gasteiger partial charge in [0.1, 0.15) is 0 Å². The summed E-state index contributed by atoms with van der Waals surface area (Å²) in [5, 5.41) is 0.609. The molecule has 0 bridgehead atoms. The van der Waals surface area contributed by atoms with Gasteiger partial charge in [0, 0.05) is 28.0 Å². The molecular weight excluding hydrogens is 353 g/mol. The number of carbonyl (C=O) groups is 2. The predicted molar refractivity (Wildman–Crippen MR) is 90.2 cm³/mol. The molecule has 1 aromatic carbocycles. The maximum absolute atomic E-state index is 12.5. The van der Waals surface area contributed by atoms with Gasteiger partial charge in [-0.25, -0.2) is 9.59 Å². The van der Waals surface area contributed by atoms with Crippen LogP contribution >= 0.6 is 23.2 Å². The molecule has 7 heteroatoms. The summed E-state index contributed by atoms with van der Waals surface area (Å²) in [7, 11) is 1.21. The van der Waals surface area contributed by atoms with Crippen LogP contribution in [0.3, 0.4) is 0 Å². The average molecular weight is 368 g/mol. The van der Waals surface area contributed by atoms with E-state index in [2.05, 4.69) is 4.98 Å². The SMILES string of the molecule is CCc1cnccc1C(=O)OC(C(=O)OC)c1ccc(Cl)cc1Cl. The quantitative estimate of drug-likeness (QED) is 0.746. The number of carbonyl (C=O) groups excluding carboxylic acids is 2. The summed E-state index contributed by atoms with van der Waals surface area (Å²) < 4.78 is 10.1. The van der Waals surface area contributed by atoms with Crippen LogP contribution in [-0.2, 0) is 20.7 Å². The van der Waals surface area contributed by atoms with Gasteiger partial charge in [0.25, 0.3) is 0 Å². The van der Waals surface area contributed by atoms with E-state index in [4.69, 9.17) is 32.7 Å². The average Bonchev–Trinajstić information content (AvgIpc) is 2.59. The van der Waals surface area contributed by atoms with E-state index < -0.39 is 18.0 Å². The van der Waals surface area contributed by atoms with Crippen LogP contribution in [0, 0.1) is 0 Å². The molecule has 1 heterocycles. The van der Waals surface area contributed by atoms with Gasteiger partial charge in [0.2, 0.25) is 6.10 Å². The predicted octanol–water partition coefficient (Wildman–Crippen LogP) is 4.02. The fourth-order valence-electron chi connectivity index (χ4n) is 2.14. The van der Waals surface area contributed by atoms with Crippen LogP contribution in [0.2, 0.25) is 10.0 Å². The number of benzene rings is 1. The van der Waals surface area contributed by atoms with E-state index in [9.17, 15) is 9.59 Å². The van der Waals surface area contributed by atoms with Gasteiger partial charge in [-0.1, -0.05) is 36.2 Å². The maximum Gasteiger partial charge on any atom is 0.352 e. The number of nitrogens with zero attached hydrogens (tertiary/aromatic N) is 1. The molecule has 0 saturated carbocycles. The Morgan fingerprint density at radius 3 is 2.62 bits per heavy atom. The van der Waals surface area contributed by atoms with Crippen LogP contribution in [0.15, 0.2) is 36.7 Å². The van der Waals surface area contributed by atoms with Gasteiger partial charge < -0.3 is 9.47 Å². The highest BCUT2D eigenvalue weighted by Crippen LogP contribution is 2.30. The molecule has 0 saturated heterocycles. The lowest BCUT2D eigenvalue weighted by molar-refractivity contribution is -0.151. The Morgan fingerprint density at radius 1 is 1.25 bits per heavy atom. The number of rotatable bonds is 5. The Balaban J connectivity index is 2.36. The molecule has 1 unspecified atom stereocenters. The van der Waals surface area contributed by atoms with E-state index in [-0.39, 0.29) is 5.02 Å². The van der Waals surface area contributed by atoms with E-state index in [1.807, 2.05) is 6.92 Å². The van der Waals surface area contributed by atoms with Crippen molar-refractivity contribution in [2.24, 2.45) is 0 Å². The monoisotopic (exact) mass is 367 g/mol. The number of hydrogen-bond donors (Lipinski definition) is 0. The first-order valence-electron chi connectivity index (χ1n) is 7.14. The normalized spacial score (nSPS) is 11.7. The molecule has 0 spiro atoms. The standard InChI is InChI=1S/C17H15Cl2NO4/c1-3-10-9-20-7-6-12(10)16(21)24-15(17(22)23-2)13-5-4-11(18)8-14(13)19/h4-9,15H,3H2,1-2H3. The molecule has 5 nitrogen and oxygen atoms in total. The first kappa shape index (κ1) is 18.2. The molecule has 0 aliphatic carbocycles. The number of aromatic nitrogens is 1. The highest BCUT2D eigenvalue weighted by atomic mass is 35.5. The molecule has 1 atom stereocenters. The van der Waals surface area contributed by atoms with Crippen molar-refractivity contribution in [3.05, 3.63) is 63.4 Å². The number of methoxy groups -OCH3 is 1. The summed E-state index contributed by atoms with van der Waals surface area (Å²) >= 11 is 12.0. The van der Waals surface area contributed by atoms with E-state index in [0.29, 0.717) is 28.1 Å². The number of hydrogen-bond acceptors (Lipinski definition) is 5. The third-order valence-electron chi connectivity index (χ3n) is 3.39. The molecule has 0 amide bonds. The molecule has 2 rings (SSSR count). The van der Waals surface area contributed by atoms with Gasteiger partial charge in [-0.2, -0.15) is 0 Å². The van der Waals surface area contributed by atoms with Gasteiger partial charge in [-0.3, -0.25) is 4.98 Å². The minimum Gasteiger partial charge on any atom is -0.466 e. The lowest BCUT2D eigenvalue weighted by Crippen LogP contribution is -2.22. The second-order valence-corrected chi connectivity index (χ2v) is 5.70. The second kappa shape index (κ2) is 8.13. The van der Waals surface area contributed by atoms with Crippen LogP contribution < -0.4 is 0 Å².